The van der Waals surface area contributed by atoms with Gasteiger partial charge in [-0.2, -0.15) is 13.2 Å². The van der Waals surface area contributed by atoms with Crippen LogP contribution in [-0.4, -0.2) is 18.2 Å². The van der Waals surface area contributed by atoms with Crippen molar-refractivity contribution in [2.45, 2.75) is 52.3 Å². The maximum atomic E-state index is 12.2. The lowest BCUT2D eigenvalue weighted by Gasteiger charge is -2.38. The second kappa shape index (κ2) is 3.39. The minimum atomic E-state index is -4.89. The molecule has 5 heteroatoms. The van der Waals surface area contributed by atoms with Crippen LogP contribution >= 0.6 is 0 Å². The van der Waals surface area contributed by atoms with Gasteiger partial charge in [0, 0.05) is 5.41 Å². The maximum Gasteiger partial charge on any atom is 0.490 e. The summed E-state index contributed by atoms with van der Waals surface area (Å²) in [5.74, 6) is -1.69. The summed E-state index contributed by atoms with van der Waals surface area (Å²) in [6.07, 6.45) is -3.07. The first kappa shape index (κ1) is 12.7. The summed E-state index contributed by atoms with van der Waals surface area (Å²) >= 11 is 0. The molecule has 0 N–H and O–H groups in total. The zero-order valence-electron chi connectivity index (χ0n) is 10.2. The highest BCUT2D eigenvalue weighted by molar-refractivity contribution is 5.75. The predicted octanol–water partition coefficient (Wildman–Crippen LogP) is 3.31. The van der Waals surface area contributed by atoms with Crippen LogP contribution in [0, 0.1) is 16.7 Å². The molecule has 98 valence electrons. The van der Waals surface area contributed by atoms with Crippen LogP contribution in [0.4, 0.5) is 13.2 Å². The highest BCUT2D eigenvalue weighted by Gasteiger charge is 2.63. The summed E-state index contributed by atoms with van der Waals surface area (Å²) in [6, 6.07) is 0. The van der Waals surface area contributed by atoms with Gasteiger partial charge in [-0.25, -0.2) is 4.79 Å². The zero-order valence-corrected chi connectivity index (χ0v) is 10.2. The number of ether oxygens (including phenoxy) is 1. The summed E-state index contributed by atoms with van der Waals surface area (Å²) < 4.78 is 41.2. The highest BCUT2D eigenvalue weighted by Crippen LogP contribution is 2.66. The first-order valence-corrected chi connectivity index (χ1v) is 5.87. The van der Waals surface area contributed by atoms with Crippen molar-refractivity contribution in [2.24, 2.45) is 16.7 Å². The van der Waals surface area contributed by atoms with Crippen molar-refractivity contribution in [3.63, 3.8) is 0 Å². The fourth-order valence-electron chi connectivity index (χ4n) is 3.50. The second-order valence-electron chi connectivity index (χ2n) is 6.00. The molecule has 2 fully saturated rings. The molecule has 3 atom stereocenters. The van der Waals surface area contributed by atoms with Gasteiger partial charge in [-0.15, -0.1) is 0 Å². The van der Waals surface area contributed by atoms with E-state index in [2.05, 4.69) is 18.6 Å². The Balaban J connectivity index is 2.14. The number of carbonyl (C=O) groups is 1. The summed E-state index contributed by atoms with van der Waals surface area (Å²) in [5, 5.41) is 0. The Kier molecular flexibility index (Phi) is 2.53. The Morgan fingerprint density at radius 2 is 1.88 bits per heavy atom. The molecule has 0 aromatic carbocycles. The van der Waals surface area contributed by atoms with Gasteiger partial charge in [0.15, 0.2) is 0 Å². The van der Waals surface area contributed by atoms with E-state index in [4.69, 9.17) is 0 Å². The molecule has 2 saturated carbocycles. The van der Waals surface area contributed by atoms with E-state index in [0.717, 1.165) is 12.8 Å². The summed E-state index contributed by atoms with van der Waals surface area (Å²) in [7, 11) is 0. The Hall–Kier alpha value is -0.740. The number of fused-ring (bicyclic) bond motifs is 2. The number of carbonyl (C=O) groups excluding carboxylic acids is 1. The van der Waals surface area contributed by atoms with Gasteiger partial charge in [-0.3, -0.25) is 0 Å². The molecule has 0 spiro atoms. The minimum Gasteiger partial charge on any atom is -0.455 e. The number of hydrogen-bond acceptors (Lipinski definition) is 2. The van der Waals surface area contributed by atoms with E-state index >= 15 is 0 Å². The minimum absolute atomic E-state index is 0.0520. The topological polar surface area (TPSA) is 26.3 Å². The van der Waals surface area contributed by atoms with Crippen LogP contribution in [0.5, 0.6) is 0 Å². The Morgan fingerprint density at radius 1 is 1.29 bits per heavy atom. The quantitative estimate of drug-likeness (QED) is 0.667. The van der Waals surface area contributed by atoms with Crippen LogP contribution < -0.4 is 0 Å². The molecule has 2 bridgehead atoms. The smallest absolute Gasteiger partial charge is 0.455 e. The van der Waals surface area contributed by atoms with Gasteiger partial charge in [-0.1, -0.05) is 20.8 Å². The standard InChI is InChI=1S/C12H17F3O2/c1-10(2)7-4-5-11(10,3)8(6-7)17-9(16)12(13,14)15/h7-8H,4-6H2,1-3H3/t7-,8-,11-/m1/s1. The maximum absolute atomic E-state index is 12.2. The first-order chi connectivity index (χ1) is 7.59. The molecular formula is C12H17F3O2. The number of esters is 1. The molecule has 0 saturated heterocycles. The van der Waals surface area contributed by atoms with E-state index in [1.54, 1.807) is 0 Å². The van der Waals surface area contributed by atoms with Crippen molar-refractivity contribution in [1.29, 1.82) is 0 Å². The van der Waals surface area contributed by atoms with Crippen LogP contribution in [0.3, 0.4) is 0 Å². The van der Waals surface area contributed by atoms with Gasteiger partial charge in [0.1, 0.15) is 6.10 Å². The molecule has 0 aliphatic heterocycles. The van der Waals surface area contributed by atoms with Crippen LogP contribution in [0.25, 0.3) is 0 Å². The lowest BCUT2D eigenvalue weighted by Crippen LogP contribution is -2.41. The highest BCUT2D eigenvalue weighted by atomic mass is 19.4. The zero-order chi connectivity index (χ0) is 13.1. The molecule has 2 aliphatic rings. The monoisotopic (exact) mass is 250 g/mol. The average Bonchev–Trinajstić information content (AvgIpc) is 2.49. The van der Waals surface area contributed by atoms with Crippen molar-refractivity contribution < 1.29 is 22.7 Å². The number of rotatable bonds is 1. The Morgan fingerprint density at radius 3 is 2.24 bits per heavy atom. The number of halogens is 3. The summed E-state index contributed by atoms with van der Waals surface area (Å²) in [6.45, 7) is 6.06. The van der Waals surface area contributed by atoms with Crippen LogP contribution in [0.15, 0.2) is 0 Å². The predicted molar refractivity (Wildman–Crippen MR) is 55.2 cm³/mol. The van der Waals surface area contributed by atoms with Crippen molar-refractivity contribution >= 4 is 5.97 Å². The van der Waals surface area contributed by atoms with Gasteiger partial charge in [-0.05, 0) is 30.6 Å². The number of hydrogen-bond donors (Lipinski definition) is 0. The molecule has 2 aliphatic carbocycles. The third-order valence-corrected chi connectivity index (χ3v) is 5.19. The molecule has 0 aromatic rings. The van der Waals surface area contributed by atoms with E-state index in [0.29, 0.717) is 12.3 Å². The fourth-order valence-corrected chi connectivity index (χ4v) is 3.50. The second-order valence-corrected chi connectivity index (χ2v) is 6.00. The van der Waals surface area contributed by atoms with E-state index < -0.39 is 18.2 Å². The molecule has 0 aromatic heterocycles. The first-order valence-electron chi connectivity index (χ1n) is 5.87. The average molecular weight is 250 g/mol. The van der Waals surface area contributed by atoms with Gasteiger partial charge in [0.05, 0.1) is 0 Å². The molecule has 0 radical (unpaired) electrons. The molecule has 0 heterocycles. The van der Waals surface area contributed by atoms with Crippen molar-refractivity contribution in [2.75, 3.05) is 0 Å². The normalized spacial score (nSPS) is 39.4. The van der Waals surface area contributed by atoms with Gasteiger partial charge in [0.25, 0.3) is 0 Å². The van der Waals surface area contributed by atoms with E-state index in [1.165, 1.54) is 0 Å². The molecule has 17 heavy (non-hydrogen) atoms. The fraction of sp³-hybridized carbons (Fsp3) is 0.917. The summed E-state index contributed by atoms with van der Waals surface area (Å²) in [5.41, 5.74) is -0.373. The van der Waals surface area contributed by atoms with E-state index in [9.17, 15) is 18.0 Å². The molecule has 2 rings (SSSR count). The molecule has 2 nitrogen and oxygen atoms in total. The summed E-state index contributed by atoms with van der Waals surface area (Å²) in [4.78, 5) is 10.9. The van der Waals surface area contributed by atoms with Crippen molar-refractivity contribution in [3.8, 4) is 0 Å². The van der Waals surface area contributed by atoms with Crippen LogP contribution in [-0.2, 0) is 9.53 Å². The largest absolute Gasteiger partial charge is 0.490 e. The third-order valence-electron chi connectivity index (χ3n) is 5.19. The van der Waals surface area contributed by atoms with Gasteiger partial charge >= 0.3 is 12.1 Å². The van der Waals surface area contributed by atoms with Crippen LogP contribution in [0.2, 0.25) is 0 Å². The van der Waals surface area contributed by atoms with Crippen molar-refractivity contribution in [3.05, 3.63) is 0 Å². The van der Waals surface area contributed by atoms with E-state index in [-0.39, 0.29) is 10.8 Å². The lowest BCUT2D eigenvalue weighted by molar-refractivity contribution is -0.210. The van der Waals surface area contributed by atoms with Crippen molar-refractivity contribution in [1.82, 2.24) is 0 Å². The van der Waals surface area contributed by atoms with Gasteiger partial charge < -0.3 is 4.74 Å². The molecule has 0 amide bonds. The Bertz CT molecular complexity index is 348. The third kappa shape index (κ3) is 1.66. The number of alkyl halides is 3. The van der Waals surface area contributed by atoms with Crippen LogP contribution in [0.1, 0.15) is 40.0 Å². The van der Waals surface area contributed by atoms with Gasteiger partial charge in [0.2, 0.25) is 0 Å². The Labute approximate surface area is 98.5 Å². The molecule has 0 unspecified atom stereocenters. The molecular weight excluding hydrogens is 233 g/mol. The SMILES string of the molecule is CC1(C)[C@@H]2CC[C@]1(C)[C@H](OC(=O)C(F)(F)F)C2. The lowest BCUT2D eigenvalue weighted by atomic mass is 9.70. The van der Waals surface area contributed by atoms with E-state index in [1.807, 2.05) is 6.92 Å².